The van der Waals surface area contributed by atoms with E-state index in [0.29, 0.717) is 28.1 Å². The smallest absolute Gasteiger partial charge is 0.221 e. The molecule has 1 saturated carbocycles. The molecule has 1 aromatic heterocycles. The van der Waals surface area contributed by atoms with E-state index in [-0.39, 0.29) is 28.3 Å². The summed E-state index contributed by atoms with van der Waals surface area (Å²) >= 11 is 1.29. The number of thioether (sulfide) groups is 1. The van der Waals surface area contributed by atoms with E-state index < -0.39 is 0 Å². The number of ketones is 1. The van der Waals surface area contributed by atoms with Crippen molar-refractivity contribution in [2.75, 3.05) is 18.2 Å². The summed E-state index contributed by atoms with van der Waals surface area (Å²) in [6, 6.07) is 5.00. The summed E-state index contributed by atoms with van der Waals surface area (Å²) in [5.74, 6) is 0.800. The minimum absolute atomic E-state index is 0.00546. The Morgan fingerprint density at radius 3 is 2.73 bits per heavy atom. The summed E-state index contributed by atoms with van der Waals surface area (Å²) in [6.07, 6.45) is 2.24. The third-order valence-corrected chi connectivity index (χ3v) is 7.77. The van der Waals surface area contributed by atoms with Gasteiger partial charge in [0.05, 0.1) is 29.9 Å². The number of aromatic nitrogens is 3. The molecule has 0 spiro atoms. The van der Waals surface area contributed by atoms with Gasteiger partial charge in [-0.05, 0) is 36.5 Å². The Hall–Kier alpha value is -2.48. The molecule has 1 aromatic carbocycles. The van der Waals surface area contributed by atoms with E-state index in [0.717, 1.165) is 24.2 Å². The third-order valence-electron chi connectivity index (χ3n) is 6.94. The van der Waals surface area contributed by atoms with E-state index in [4.69, 9.17) is 9.72 Å². The Kier molecular flexibility index (Phi) is 5.08. The number of Topliss-reactive ketones (excluding diaryl/α,β-unsaturated/α-hetero) is 1. The van der Waals surface area contributed by atoms with Crippen LogP contribution in [0.25, 0.3) is 0 Å². The molecule has 2 aliphatic rings. The van der Waals surface area contributed by atoms with Gasteiger partial charge in [0.25, 0.3) is 0 Å². The number of hydrogen-bond acceptors (Lipinski definition) is 7. The molecule has 2 atom stereocenters. The fourth-order valence-corrected chi connectivity index (χ4v) is 5.49. The number of carbonyl (C=O) groups is 2. The molecular formula is C22H26N4O3S. The van der Waals surface area contributed by atoms with Gasteiger partial charge in [-0.2, -0.15) is 5.10 Å². The lowest BCUT2D eigenvalue weighted by Gasteiger charge is -2.33. The average molecular weight is 427 g/mol. The first-order chi connectivity index (χ1) is 14.2. The molecule has 2 aromatic rings. The summed E-state index contributed by atoms with van der Waals surface area (Å²) in [6.45, 7) is 8.27. The van der Waals surface area contributed by atoms with Crippen LogP contribution in [0, 0.1) is 5.41 Å². The van der Waals surface area contributed by atoms with Crippen LogP contribution in [-0.2, 0) is 10.2 Å². The molecule has 1 heterocycles. The monoisotopic (exact) mass is 426 g/mol. The first-order valence-corrected chi connectivity index (χ1v) is 11.0. The number of methoxy groups -OCH3 is 1. The summed E-state index contributed by atoms with van der Waals surface area (Å²) in [5.41, 5.74) is 3.17. The molecule has 158 valence electrons. The van der Waals surface area contributed by atoms with Gasteiger partial charge in [-0.15, -0.1) is 5.10 Å². The second-order valence-electron chi connectivity index (χ2n) is 8.78. The normalized spacial score (nSPS) is 23.2. The molecule has 1 N–H and O–H groups in total. The van der Waals surface area contributed by atoms with Crippen molar-refractivity contribution in [3.63, 3.8) is 0 Å². The number of rotatable bonds is 6. The standard InChI is InChI=1S/C22H26N4O3S/c1-12(27)23-15-10-13(6-7-17(15)29-5)16(28)11-30-20-24-19-18(25-26-20)14-8-9-22(19,4)21(14,2)3/h6-7,10,14H,8-9,11H2,1-5H3,(H,23,27)/t14-,22-/m0/s1. The van der Waals surface area contributed by atoms with Crippen molar-refractivity contribution in [1.82, 2.24) is 15.2 Å². The van der Waals surface area contributed by atoms with E-state index in [1.54, 1.807) is 18.2 Å². The highest BCUT2D eigenvalue weighted by Crippen LogP contribution is 2.66. The molecule has 2 aliphatic carbocycles. The van der Waals surface area contributed by atoms with Crippen LogP contribution in [0.3, 0.4) is 0 Å². The maximum absolute atomic E-state index is 12.7. The van der Waals surface area contributed by atoms with Gasteiger partial charge in [0, 0.05) is 23.8 Å². The fourth-order valence-electron chi connectivity index (χ4n) is 4.81. The Bertz CT molecular complexity index is 1040. The van der Waals surface area contributed by atoms with Gasteiger partial charge in [0.1, 0.15) is 5.75 Å². The zero-order chi connectivity index (χ0) is 21.7. The second kappa shape index (κ2) is 7.34. The van der Waals surface area contributed by atoms with E-state index in [2.05, 4.69) is 36.3 Å². The van der Waals surface area contributed by atoms with E-state index in [9.17, 15) is 9.59 Å². The maximum atomic E-state index is 12.7. The van der Waals surface area contributed by atoms with E-state index in [1.165, 1.54) is 25.8 Å². The highest BCUT2D eigenvalue weighted by molar-refractivity contribution is 7.99. The van der Waals surface area contributed by atoms with Gasteiger partial charge >= 0.3 is 0 Å². The molecule has 2 bridgehead atoms. The molecule has 8 heteroatoms. The number of ether oxygens (including phenoxy) is 1. The van der Waals surface area contributed by atoms with Gasteiger partial charge in [-0.1, -0.05) is 32.5 Å². The summed E-state index contributed by atoms with van der Waals surface area (Å²) in [7, 11) is 1.52. The van der Waals surface area contributed by atoms with Crippen molar-refractivity contribution in [3.05, 3.63) is 35.2 Å². The Labute approximate surface area is 180 Å². The quantitative estimate of drug-likeness (QED) is 0.551. The largest absolute Gasteiger partial charge is 0.495 e. The lowest BCUT2D eigenvalue weighted by Crippen LogP contribution is -2.32. The van der Waals surface area contributed by atoms with E-state index in [1.807, 2.05) is 0 Å². The van der Waals surface area contributed by atoms with Crippen molar-refractivity contribution in [3.8, 4) is 5.75 Å². The minimum Gasteiger partial charge on any atom is -0.495 e. The molecule has 0 radical (unpaired) electrons. The van der Waals surface area contributed by atoms with Crippen LogP contribution in [0.5, 0.6) is 5.75 Å². The van der Waals surface area contributed by atoms with Gasteiger partial charge in [0.2, 0.25) is 11.1 Å². The van der Waals surface area contributed by atoms with Crippen LogP contribution < -0.4 is 10.1 Å². The molecule has 4 rings (SSSR count). The molecule has 7 nitrogen and oxygen atoms in total. The molecule has 0 unspecified atom stereocenters. The van der Waals surface area contributed by atoms with Gasteiger partial charge in [-0.25, -0.2) is 4.98 Å². The third kappa shape index (κ3) is 3.17. The molecule has 30 heavy (non-hydrogen) atoms. The number of carbonyl (C=O) groups excluding carboxylic acids is 2. The number of nitrogens with one attached hydrogen (secondary N) is 1. The lowest BCUT2D eigenvalue weighted by molar-refractivity contribution is -0.114. The Morgan fingerprint density at radius 1 is 1.27 bits per heavy atom. The fraction of sp³-hybridized carbons (Fsp3) is 0.500. The van der Waals surface area contributed by atoms with Gasteiger partial charge < -0.3 is 10.1 Å². The van der Waals surface area contributed by atoms with Crippen LogP contribution in [0.4, 0.5) is 5.69 Å². The molecular weight excluding hydrogens is 400 g/mol. The summed E-state index contributed by atoms with van der Waals surface area (Å²) < 4.78 is 5.24. The first-order valence-electron chi connectivity index (χ1n) is 10.0. The van der Waals surface area contributed by atoms with Crippen LogP contribution in [0.1, 0.15) is 68.2 Å². The lowest BCUT2D eigenvalue weighted by atomic mass is 9.70. The van der Waals surface area contributed by atoms with Gasteiger partial charge in [-0.3, -0.25) is 9.59 Å². The summed E-state index contributed by atoms with van der Waals surface area (Å²) in [5, 5.41) is 12.0. The molecule has 0 aliphatic heterocycles. The van der Waals surface area contributed by atoms with Crippen molar-refractivity contribution >= 4 is 29.1 Å². The molecule has 1 amide bonds. The second-order valence-corrected chi connectivity index (χ2v) is 9.72. The van der Waals surface area contributed by atoms with Crippen LogP contribution in [0.15, 0.2) is 23.4 Å². The predicted octanol–water partition coefficient (Wildman–Crippen LogP) is 3.99. The number of hydrogen-bond donors (Lipinski definition) is 1. The minimum atomic E-state index is -0.226. The highest BCUT2D eigenvalue weighted by Gasteiger charge is 2.61. The number of anilines is 1. The molecule has 1 fully saturated rings. The Balaban J connectivity index is 1.50. The van der Waals surface area contributed by atoms with Crippen molar-refractivity contribution in [2.24, 2.45) is 5.41 Å². The number of nitrogens with zero attached hydrogens (tertiary/aromatic N) is 3. The highest BCUT2D eigenvalue weighted by atomic mass is 32.2. The van der Waals surface area contributed by atoms with Gasteiger partial charge in [0.15, 0.2) is 5.78 Å². The van der Waals surface area contributed by atoms with Crippen molar-refractivity contribution < 1.29 is 14.3 Å². The molecule has 0 saturated heterocycles. The van der Waals surface area contributed by atoms with Crippen LogP contribution in [0.2, 0.25) is 0 Å². The van der Waals surface area contributed by atoms with Crippen LogP contribution in [-0.4, -0.2) is 39.7 Å². The van der Waals surface area contributed by atoms with Crippen molar-refractivity contribution in [1.29, 1.82) is 0 Å². The first kappa shape index (κ1) is 20.8. The zero-order valence-electron chi connectivity index (χ0n) is 17.9. The summed E-state index contributed by atoms with van der Waals surface area (Å²) in [4.78, 5) is 29.0. The number of benzene rings is 1. The topological polar surface area (TPSA) is 94.1 Å². The predicted molar refractivity (Wildman–Crippen MR) is 115 cm³/mol. The number of fused-ring (bicyclic) bond motifs is 5. The number of amides is 1. The average Bonchev–Trinajstić information content (AvgIpc) is 3.04. The Morgan fingerprint density at radius 2 is 2.03 bits per heavy atom. The van der Waals surface area contributed by atoms with Crippen molar-refractivity contribution in [2.45, 2.75) is 57.0 Å². The van der Waals surface area contributed by atoms with E-state index >= 15 is 0 Å². The van der Waals surface area contributed by atoms with Crippen LogP contribution >= 0.6 is 11.8 Å². The zero-order valence-corrected chi connectivity index (χ0v) is 18.7. The maximum Gasteiger partial charge on any atom is 0.221 e. The SMILES string of the molecule is COc1ccc(C(=O)CSc2nnc3c(n2)[C@]2(C)CC[C@@H]3C2(C)C)cc1NC(C)=O.